The maximum Gasteiger partial charge on any atom is 0.414 e. The summed E-state index contributed by atoms with van der Waals surface area (Å²) in [5.74, 6) is -0.751. The number of nitrogens with zero attached hydrogens (tertiary/aromatic N) is 1. The second-order valence-electron chi connectivity index (χ2n) is 6.26. The molecule has 3 aliphatic rings. The van der Waals surface area contributed by atoms with Crippen LogP contribution in [0, 0.1) is 5.41 Å². The van der Waals surface area contributed by atoms with E-state index in [1.807, 2.05) is 0 Å². The Morgan fingerprint density at radius 3 is 2.67 bits per heavy atom. The van der Waals surface area contributed by atoms with Gasteiger partial charge in [0.15, 0.2) is 0 Å². The number of hydrogen-bond donors (Lipinski definition) is 1. The van der Waals surface area contributed by atoms with Gasteiger partial charge in [0.05, 0.1) is 24.4 Å². The molecule has 0 spiro atoms. The molecule has 0 aromatic carbocycles. The van der Waals surface area contributed by atoms with Gasteiger partial charge in [-0.05, 0) is 39.8 Å². The van der Waals surface area contributed by atoms with Crippen molar-refractivity contribution in [2.24, 2.45) is 5.41 Å². The van der Waals surface area contributed by atoms with Crippen molar-refractivity contribution in [1.82, 2.24) is 10.2 Å². The van der Waals surface area contributed by atoms with Crippen molar-refractivity contribution in [3.8, 4) is 0 Å². The van der Waals surface area contributed by atoms with Gasteiger partial charge in [-0.1, -0.05) is 0 Å². The minimum atomic E-state index is -0.844. The number of carbonyl (C=O) groups is 3. The number of carbonyl (C=O) groups excluding carboxylic acids is 3. The van der Waals surface area contributed by atoms with Crippen LogP contribution in [-0.4, -0.2) is 61.9 Å². The number of nitrogens with one attached hydrogen (secondary N) is 1. The standard InChI is InChI=1S/C16H22N2O6/c1-3-22-14(20)16(4-6-17-7-5-16)12-8-18(15(21)24-12)11-9-23-13(19)10(11)2/h12,17H,3-9H2,1-2H3. The van der Waals surface area contributed by atoms with Crippen LogP contribution in [0.25, 0.3) is 0 Å². The fourth-order valence-corrected chi connectivity index (χ4v) is 3.52. The molecule has 2 fully saturated rings. The molecule has 3 heterocycles. The zero-order valence-corrected chi connectivity index (χ0v) is 13.9. The Morgan fingerprint density at radius 1 is 1.38 bits per heavy atom. The largest absolute Gasteiger partial charge is 0.465 e. The van der Waals surface area contributed by atoms with Crippen LogP contribution in [0.4, 0.5) is 4.79 Å². The van der Waals surface area contributed by atoms with Gasteiger partial charge in [0, 0.05) is 0 Å². The number of hydrogen-bond acceptors (Lipinski definition) is 7. The average molecular weight is 338 g/mol. The molecular formula is C16H22N2O6. The van der Waals surface area contributed by atoms with E-state index >= 15 is 0 Å². The van der Waals surface area contributed by atoms with E-state index in [0.717, 1.165) is 0 Å². The van der Waals surface area contributed by atoms with Crippen molar-refractivity contribution in [3.63, 3.8) is 0 Å². The molecule has 2 saturated heterocycles. The summed E-state index contributed by atoms with van der Waals surface area (Å²) in [5, 5.41) is 3.21. The fourth-order valence-electron chi connectivity index (χ4n) is 3.52. The summed E-state index contributed by atoms with van der Waals surface area (Å²) < 4.78 is 15.8. The van der Waals surface area contributed by atoms with E-state index in [1.54, 1.807) is 13.8 Å². The molecule has 0 aliphatic carbocycles. The normalized spacial score (nSPS) is 26.4. The Balaban J connectivity index is 1.84. The van der Waals surface area contributed by atoms with Crippen LogP contribution < -0.4 is 5.32 Å². The van der Waals surface area contributed by atoms with Crippen molar-refractivity contribution in [2.75, 3.05) is 32.8 Å². The second kappa shape index (κ2) is 6.43. The number of cyclic esters (lactones) is 2. The predicted octanol–water partition coefficient (Wildman–Crippen LogP) is 0.571. The third-order valence-corrected chi connectivity index (χ3v) is 5.01. The average Bonchev–Trinajstić information content (AvgIpc) is 3.12. The van der Waals surface area contributed by atoms with Gasteiger partial charge in [0.25, 0.3) is 0 Å². The zero-order valence-electron chi connectivity index (χ0n) is 13.9. The van der Waals surface area contributed by atoms with Crippen molar-refractivity contribution >= 4 is 18.0 Å². The van der Waals surface area contributed by atoms with E-state index < -0.39 is 23.6 Å². The van der Waals surface area contributed by atoms with Crippen molar-refractivity contribution in [2.45, 2.75) is 32.8 Å². The monoisotopic (exact) mass is 338 g/mol. The van der Waals surface area contributed by atoms with Gasteiger partial charge in [0.1, 0.15) is 18.1 Å². The first-order valence-electron chi connectivity index (χ1n) is 8.22. The first-order valence-corrected chi connectivity index (χ1v) is 8.22. The van der Waals surface area contributed by atoms with Crippen LogP contribution in [0.1, 0.15) is 26.7 Å². The van der Waals surface area contributed by atoms with E-state index in [0.29, 0.717) is 37.2 Å². The van der Waals surface area contributed by atoms with Gasteiger partial charge >= 0.3 is 18.0 Å². The third-order valence-electron chi connectivity index (χ3n) is 5.01. The number of amides is 1. The third kappa shape index (κ3) is 2.64. The SMILES string of the molecule is CCOC(=O)C1(C2CN(C3=C(C)C(=O)OC3)C(=O)O2)CCNCC1. The highest BCUT2D eigenvalue weighted by Gasteiger charge is 2.54. The summed E-state index contributed by atoms with van der Waals surface area (Å²) in [6.45, 7) is 5.27. The van der Waals surface area contributed by atoms with Crippen LogP contribution in [-0.2, 0) is 23.8 Å². The second-order valence-corrected chi connectivity index (χ2v) is 6.26. The smallest absolute Gasteiger partial charge is 0.414 e. The van der Waals surface area contributed by atoms with Crippen LogP contribution >= 0.6 is 0 Å². The Kier molecular flexibility index (Phi) is 4.49. The van der Waals surface area contributed by atoms with Gasteiger partial charge < -0.3 is 19.5 Å². The Hall–Kier alpha value is -2.09. The number of rotatable bonds is 4. The molecule has 0 bridgehead atoms. The molecule has 1 atom stereocenters. The molecule has 0 aromatic rings. The fraction of sp³-hybridized carbons (Fsp3) is 0.688. The van der Waals surface area contributed by atoms with Crippen molar-refractivity contribution < 1.29 is 28.6 Å². The molecule has 0 radical (unpaired) electrons. The van der Waals surface area contributed by atoms with Crippen LogP contribution in [0.2, 0.25) is 0 Å². The molecule has 0 aromatic heterocycles. The van der Waals surface area contributed by atoms with E-state index in [4.69, 9.17) is 14.2 Å². The lowest BCUT2D eigenvalue weighted by Crippen LogP contribution is -2.51. The van der Waals surface area contributed by atoms with Crippen LogP contribution in [0.5, 0.6) is 0 Å². The molecule has 8 nitrogen and oxygen atoms in total. The van der Waals surface area contributed by atoms with E-state index in [1.165, 1.54) is 4.90 Å². The topological polar surface area (TPSA) is 94.2 Å². The van der Waals surface area contributed by atoms with E-state index in [9.17, 15) is 14.4 Å². The number of piperidine rings is 1. The molecular weight excluding hydrogens is 316 g/mol. The first-order chi connectivity index (χ1) is 11.5. The Labute approximate surface area is 140 Å². The Morgan fingerprint density at radius 2 is 2.08 bits per heavy atom. The highest BCUT2D eigenvalue weighted by molar-refractivity contribution is 5.92. The number of ether oxygens (including phenoxy) is 3. The molecule has 0 saturated carbocycles. The Bertz CT molecular complexity index is 593. The van der Waals surface area contributed by atoms with Gasteiger partial charge in [-0.3, -0.25) is 9.69 Å². The summed E-state index contributed by atoms with van der Waals surface area (Å²) in [7, 11) is 0. The molecule has 8 heteroatoms. The first kappa shape index (κ1) is 16.8. The van der Waals surface area contributed by atoms with Gasteiger partial charge in [0.2, 0.25) is 0 Å². The molecule has 24 heavy (non-hydrogen) atoms. The zero-order chi connectivity index (χ0) is 17.3. The lowest BCUT2D eigenvalue weighted by atomic mass is 9.74. The molecule has 3 rings (SSSR count). The minimum absolute atomic E-state index is 0.0560. The molecule has 1 amide bonds. The summed E-state index contributed by atoms with van der Waals surface area (Å²) in [6.07, 6.45) is -0.0482. The van der Waals surface area contributed by atoms with Gasteiger partial charge in [-0.2, -0.15) is 0 Å². The molecule has 3 aliphatic heterocycles. The van der Waals surface area contributed by atoms with Crippen molar-refractivity contribution in [3.05, 3.63) is 11.3 Å². The van der Waals surface area contributed by atoms with Gasteiger partial charge in [-0.25, -0.2) is 9.59 Å². The van der Waals surface area contributed by atoms with Gasteiger partial charge in [-0.15, -0.1) is 0 Å². The summed E-state index contributed by atoms with van der Waals surface area (Å²) in [5.41, 5.74) is 0.0763. The quantitative estimate of drug-likeness (QED) is 0.591. The molecule has 1 N–H and O–H groups in total. The predicted molar refractivity (Wildman–Crippen MR) is 81.8 cm³/mol. The van der Waals surface area contributed by atoms with Crippen molar-refractivity contribution in [1.29, 1.82) is 0 Å². The van der Waals surface area contributed by atoms with Crippen LogP contribution in [0.15, 0.2) is 11.3 Å². The lowest BCUT2D eigenvalue weighted by molar-refractivity contribution is -0.164. The van der Waals surface area contributed by atoms with Crippen LogP contribution in [0.3, 0.4) is 0 Å². The minimum Gasteiger partial charge on any atom is -0.465 e. The maximum atomic E-state index is 12.6. The lowest BCUT2D eigenvalue weighted by Gasteiger charge is -2.38. The summed E-state index contributed by atoms with van der Waals surface area (Å²) in [6, 6.07) is 0. The molecule has 1 unspecified atom stereocenters. The van der Waals surface area contributed by atoms with E-state index in [-0.39, 0.29) is 25.7 Å². The number of esters is 2. The summed E-state index contributed by atoms with van der Waals surface area (Å²) in [4.78, 5) is 37.9. The molecule has 132 valence electrons. The van der Waals surface area contributed by atoms with E-state index in [2.05, 4.69) is 5.32 Å². The highest BCUT2D eigenvalue weighted by Crippen LogP contribution is 2.40. The highest BCUT2D eigenvalue weighted by atomic mass is 16.6. The summed E-state index contributed by atoms with van der Waals surface area (Å²) >= 11 is 0. The maximum absolute atomic E-state index is 12.6.